The summed E-state index contributed by atoms with van der Waals surface area (Å²) in [6.07, 6.45) is 3.77. The van der Waals surface area contributed by atoms with E-state index in [0.717, 1.165) is 33.8 Å². The molecule has 0 saturated carbocycles. The van der Waals surface area contributed by atoms with Crippen molar-refractivity contribution in [3.8, 4) is 39.8 Å². The van der Waals surface area contributed by atoms with Crippen LogP contribution < -0.4 is 19.6 Å². The topological polar surface area (TPSA) is 83.5 Å². The van der Waals surface area contributed by atoms with Crippen LogP contribution in [0.2, 0.25) is 0 Å². The van der Waals surface area contributed by atoms with Crippen LogP contribution in [0.5, 0.6) is 11.5 Å². The standard InChI is InChI=1S/C28H21N5O3S/c1-35-21-14-12-18(13-15-21)25-19(17-32(30-25)20-8-4-3-5-9-20)16-24-27(34)33-28(37-24)29-26(31-33)22-10-6-7-11-23(22)36-2/h3-17H,1-2H3/b24-16-. The Kier molecular flexibility index (Phi) is 5.74. The second-order valence-corrected chi connectivity index (χ2v) is 9.20. The lowest BCUT2D eigenvalue weighted by Crippen LogP contribution is -2.23. The van der Waals surface area contributed by atoms with Gasteiger partial charge in [-0.1, -0.05) is 41.7 Å². The summed E-state index contributed by atoms with van der Waals surface area (Å²) < 4.78 is 14.4. The number of hydrogen-bond donors (Lipinski definition) is 0. The molecular formula is C28H21N5O3S. The van der Waals surface area contributed by atoms with Crippen molar-refractivity contribution in [1.82, 2.24) is 24.4 Å². The number of hydrogen-bond acceptors (Lipinski definition) is 7. The average molecular weight is 508 g/mol. The molecule has 0 radical (unpaired) electrons. The summed E-state index contributed by atoms with van der Waals surface area (Å²) in [5, 5.41) is 9.32. The van der Waals surface area contributed by atoms with E-state index < -0.39 is 0 Å². The highest BCUT2D eigenvalue weighted by Crippen LogP contribution is 2.28. The van der Waals surface area contributed by atoms with E-state index in [1.54, 1.807) is 14.2 Å². The Balaban J connectivity index is 1.48. The van der Waals surface area contributed by atoms with Gasteiger partial charge in [-0.05, 0) is 54.6 Å². The van der Waals surface area contributed by atoms with Gasteiger partial charge in [0.05, 0.1) is 30.0 Å². The third-order valence-corrected chi connectivity index (χ3v) is 6.90. The zero-order chi connectivity index (χ0) is 25.4. The van der Waals surface area contributed by atoms with Crippen LogP contribution in [0.25, 0.3) is 39.4 Å². The molecule has 6 rings (SSSR count). The summed E-state index contributed by atoms with van der Waals surface area (Å²) in [5.41, 5.74) is 3.88. The molecule has 37 heavy (non-hydrogen) atoms. The Morgan fingerprint density at radius 3 is 2.35 bits per heavy atom. The summed E-state index contributed by atoms with van der Waals surface area (Å²) in [7, 11) is 3.23. The van der Waals surface area contributed by atoms with Gasteiger partial charge in [0.2, 0.25) is 4.96 Å². The minimum Gasteiger partial charge on any atom is -0.497 e. The van der Waals surface area contributed by atoms with E-state index in [2.05, 4.69) is 10.1 Å². The molecule has 0 fully saturated rings. The van der Waals surface area contributed by atoms with Crippen molar-refractivity contribution in [2.24, 2.45) is 0 Å². The van der Waals surface area contributed by atoms with Crippen molar-refractivity contribution in [1.29, 1.82) is 0 Å². The molecule has 0 aliphatic carbocycles. The van der Waals surface area contributed by atoms with Gasteiger partial charge in [-0.2, -0.15) is 14.6 Å². The quantitative estimate of drug-likeness (QED) is 0.335. The number of aromatic nitrogens is 5. The van der Waals surface area contributed by atoms with Crippen LogP contribution in [-0.4, -0.2) is 38.6 Å². The number of para-hydroxylation sites is 2. The first-order chi connectivity index (χ1) is 18.1. The Hall–Kier alpha value is -4.76. The summed E-state index contributed by atoms with van der Waals surface area (Å²) in [4.78, 5) is 18.4. The molecule has 0 saturated heterocycles. The number of thiazole rings is 1. The van der Waals surface area contributed by atoms with Gasteiger partial charge in [-0.25, -0.2) is 4.68 Å². The molecule has 0 spiro atoms. The molecular weight excluding hydrogens is 486 g/mol. The maximum atomic E-state index is 13.3. The molecule has 0 aliphatic heterocycles. The zero-order valence-electron chi connectivity index (χ0n) is 20.0. The second kappa shape index (κ2) is 9.36. The fourth-order valence-corrected chi connectivity index (χ4v) is 5.00. The Morgan fingerprint density at radius 2 is 1.62 bits per heavy atom. The van der Waals surface area contributed by atoms with Crippen LogP contribution in [0.3, 0.4) is 0 Å². The molecule has 3 aromatic carbocycles. The van der Waals surface area contributed by atoms with E-state index in [9.17, 15) is 4.79 Å². The van der Waals surface area contributed by atoms with Crippen molar-refractivity contribution >= 4 is 22.4 Å². The predicted octanol–water partition coefficient (Wildman–Crippen LogP) is 4.24. The largest absolute Gasteiger partial charge is 0.497 e. The monoisotopic (exact) mass is 507 g/mol. The maximum absolute atomic E-state index is 13.3. The lowest BCUT2D eigenvalue weighted by molar-refractivity contribution is 0.415. The molecule has 0 bridgehead atoms. The van der Waals surface area contributed by atoms with Crippen molar-refractivity contribution in [3.63, 3.8) is 0 Å². The third kappa shape index (κ3) is 4.15. The number of rotatable bonds is 6. The lowest BCUT2D eigenvalue weighted by atomic mass is 10.1. The van der Waals surface area contributed by atoms with Gasteiger partial charge in [0.15, 0.2) is 5.82 Å². The highest BCUT2D eigenvalue weighted by molar-refractivity contribution is 7.15. The van der Waals surface area contributed by atoms with E-state index in [1.807, 2.05) is 95.8 Å². The van der Waals surface area contributed by atoms with Crippen molar-refractivity contribution in [2.75, 3.05) is 14.2 Å². The van der Waals surface area contributed by atoms with Crippen LogP contribution in [0, 0.1) is 0 Å². The van der Waals surface area contributed by atoms with Gasteiger partial charge in [0, 0.05) is 17.3 Å². The fourth-order valence-electron chi connectivity index (χ4n) is 4.10. The highest BCUT2D eigenvalue weighted by Gasteiger charge is 2.16. The Bertz CT molecular complexity index is 1820. The van der Waals surface area contributed by atoms with E-state index in [1.165, 1.54) is 15.9 Å². The summed E-state index contributed by atoms with van der Waals surface area (Å²) in [6, 6.07) is 25.0. The molecule has 0 N–H and O–H groups in total. The van der Waals surface area contributed by atoms with Crippen LogP contribution in [-0.2, 0) is 0 Å². The fraction of sp³-hybridized carbons (Fsp3) is 0.0714. The smallest absolute Gasteiger partial charge is 0.291 e. The number of nitrogens with zero attached hydrogens (tertiary/aromatic N) is 5. The number of ether oxygens (including phenoxy) is 2. The van der Waals surface area contributed by atoms with Crippen LogP contribution >= 0.6 is 11.3 Å². The van der Waals surface area contributed by atoms with Crippen molar-refractivity contribution < 1.29 is 9.47 Å². The summed E-state index contributed by atoms with van der Waals surface area (Å²) >= 11 is 1.29. The van der Waals surface area contributed by atoms with E-state index in [4.69, 9.17) is 14.6 Å². The first kappa shape index (κ1) is 22.7. The first-order valence-corrected chi connectivity index (χ1v) is 12.3. The normalized spacial score (nSPS) is 11.8. The SMILES string of the molecule is COc1ccc(-c2nn(-c3ccccc3)cc2/C=c2\sc3nc(-c4ccccc4OC)nn3c2=O)cc1. The number of fused-ring (bicyclic) bond motifs is 1. The van der Waals surface area contributed by atoms with E-state index >= 15 is 0 Å². The molecule has 3 heterocycles. The molecule has 0 amide bonds. The number of benzene rings is 3. The van der Waals surface area contributed by atoms with Gasteiger partial charge >= 0.3 is 0 Å². The highest BCUT2D eigenvalue weighted by atomic mass is 32.1. The minimum atomic E-state index is -0.234. The molecule has 0 unspecified atom stereocenters. The van der Waals surface area contributed by atoms with Gasteiger partial charge in [0.1, 0.15) is 17.2 Å². The van der Waals surface area contributed by atoms with E-state index in [0.29, 0.717) is 21.1 Å². The van der Waals surface area contributed by atoms with Gasteiger partial charge in [-0.15, -0.1) is 5.10 Å². The molecule has 3 aromatic heterocycles. The zero-order valence-corrected chi connectivity index (χ0v) is 20.8. The molecule has 0 atom stereocenters. The molecule has 6 aromatic rings. The molecule has 9 heteroatoms. The lowest BCUT2D eigenvalue weighted by Gasteiger charge is -2.03. The first-order valence-electron chi connectivity index (χ1n) is 11.5. The molecule has 0 aliphatic rings. The second-order valence-electron chi connectivity index (χ2n) is 8.19. The van der Waals surface area contributed by atoms with Gasteiger partial charge in [-0.3, -0.25) is 4.79 Å². The van der Waals surface area contributed by atoms with Crippen molar-refractivity contribution in [2.45, 2.75) is 0 Å². The van der Waals surface area contributed by atoms with Gasteiger partial charge in [0.25, 0.3) is 5.56 Å². The molecule has 182 valence electrons. The summed E-state index contributed by atoms with van der Waals surface area (Å²) in [6.45, 7) is 0. The number of methoxy groups -OCH3 is 2. The van der Waals surface area contributed by atoms with Gasteiger partial charge < -0.3 is 9.47 Å². The summed E-state index contributed by atoms with van der Waals surface area (Å²) in [5.74, 6) is 1.86. The minimum absolute atomic E-state index is 0.234. The van der Waals surface area contributed by atoms with E-state index in [-0.39, 0.29) is 5.56 Å². The maximum Gasteiger partial charge on any atom is 0.291 e. The van der Waals surface area contributed by atoms with Crippen LogP contribution in [0.15, 0.2) is 89.9 Å². The third-order valence-electron chi connectivity index (χ3n) is 5.94. The van der Waals surface area contributed by atoms with Crippen LogP contribution in [0.1, 0.15) is 5.56 Å². The Labute approximate surface area is 215 Å². The van der Waals surface area contributed by atoms with Crippen LogP contribution in [0.4, 0.5) is 0 Å². The average Bonchev–Trinajstić information content (AvgIpc) is 3.64. The molecule has 8 nitrogen and oxygen atoms in total. The Morgan fingerprint density at radius 1 is 0.865 bits per heavy atom. The van der Waals surface area contributed by atoms with Crippen molar-refractivity contribution in [3.05, 3.63) is 106 Å². The predicted molar refractivity (Wildman–Crippen MR) is 143 cm³/mol.